The van der Waals surface area contributed by atoms with Gasteiger partial charge in [-0.2, -0.15) is 0 Å². The maximum absolute atomic E-state index is 13.1. The van der Waals surface area contributed by atoms with Crippen molar-refractivity contribution in [2.75, 3.05) is 13.2 Å². The zero-order valence-electron chi connectivity index (χ0n) is 9.01. The molecule has 0 amide bonds. The molecule has 1 aliphatic rings. The lowest BCUT2D eigenvalue weighted by Gasteiger charge is -2.11. The molecule has 2 N–H and O–H groups in total. The molecule has 1 aromatic rings. The monoisotopic (exact) mass is 227 g/mol. The van der Waals surface area contributed by atoms with E-state index in [1.807, 2.05) is 0 Å². The normalized spacial score (nSPS) is 15.2. The van der Waals surface area contributed by atoms with Crippen molar-refractivity contribution in [3.8, 4) is 5.75 Å². The third kappa shape index (κ3) is 2.70. The first-order valence-corrected chi connectivity index (χ1v) is 5.51. The number of halogens is 2. The first-order chi connectivity index (χ1) is 7.70. The van der Waals surface area contributed by atoms with Crippen LogP contribution in [0.5, 0.6) is 5.75 Å². The van der Waals surface area contributed by atoms with Gasteiger partial charge in [-0.05, 0) is 43.4 Å². The highest BCUT2D eigenvalue weighted by atomic mass is 19.2. The SMILES string of the molecule is NCCc1cc(F)c(F)cc1OCC1CC1. The van der Waals surface area contributed by atoms with E-state index in [2.05, 4.69) is 0 Å². The minimum atomic E-state index is -0.869. The molecule has 1 aliphatic carbocycles. The Hall–Kier alpha value is -1.16. The molecule has 2 rings (SSSR count). The van der Waals surface area contributed by atoms with E-state index < -0.39 is 11.6 Å². The average Bonchev–Trinajstić information content (AvgIpc) is 3.05. The Bertz CT molecular complexity index is 378. The maximum Gasteiger partial charge on any atom is 0.162 e. The molecular weight excluding hydrogens is 212 g/mol. The lowest BCUT2D eigenvalue weighted by atomic mass is 10.1. The van der Waals surface area contributed by atoms with Crippen molar-refractivity contribution in [3.05, 3.63) is 29.3 Å². The van der Waals surface area contributed by atoms with Gasteiger partial charge < -0.3 is 10.5 Å². The molecule has 1 saturated carbocycles. The van der Waals surface area contributed by atoms with Crippen molar-refractivity contribution in [2.45, 2.75) is 19.3 Å². The van der Waals surface area contributed by atoms with Gasteiger partial charge >= 0.3 is 0 Å². The van der Waals surface area contributed by atoms with Crippen molar-refractivity contribution in [1.82, 2.24) is 0 Å². The maximum atomic E-state index is 13.1. The highest BCUT2D eigenvalue weighted by Crippen LogP contribution is 2.31. The van der Waals surface area contributed by atoms with E-state index in [1.54, 1.807) is 0 Å². The van der Waals surface area contributed by atoms with Gasteiger partial charge in [0.05, 0.1) is 6.61 Å². The predicted octanol–water partition coefficient (Wildman–Crippen LogP) is 2.25. The molecule has 0 unspecified atom stereocenters. The van der Waals surface area contributed by atoms with Gasteiger partial charge in [0, 0.05) is 6.07 Å². The van der Waals surface area contributed by atoms with Crippen LogP contribution >= 0.6 is 0 Å². The Kier molecular flexibility index (Phi) is 3.39. The smallest absolute Gasteiger partial charge is 0.162 e. The van der Waals surface area contributed by atoms with Gasteiger partial charge in [0.15, 0.2) is 11.6 Å². The van der Waals surface area contributed by atoms with Crippen LogP contribution < -0.4 is 10.5 Å². The fourth-order valence-corrected chi connectivity index (χ4v) is 1.55. The van der Waals surface area contributed by atoms with Crippen molar-refractivity contribution in [3.63, 3.8) is 0 Å². The lowest BCUT2D eigenvalue weighted by Crippen LogP contribution is -2.08. The highest BCUT2D eigenvalue weighted by molar-refractivity contribution is 5.35. The number of benzene rings is 1. The van der Waals surface area contributed by atoms with Gasteiger partial charge in [0.25, 0.3) is 0 Å². The van der Waals surface area contributed by atoms with E-state index in [0.29, 0.717) is 36.8 Å². The molecule has 0 radical (unpaired) electrons. The summed E-state index contributed by atoms with van der Waals surface area (Å²) >= 11 is 0. The average molecular weight is 227 g/mol. The van der Waals surface area contributed by atoms with Crippen molar-refractivity contribution < 1.29 is 13.5 Å². The minimum Gasteiger partial charge on any atom is -0.493 e. The largest absolute Gasteiger partial charge is 0.493 e. The second-order valence-corrected chi connectivity index (χ2v) is 4.17. The van der Waals surface area contributed by atoms with Crippen LogP contribution in [0.1, 0.15) is 18.4 Å². The summed E-state index contributed by atoms with van der Waals surface area (Å²) in [4.78, 5) is 0. The summed E-state index contributed by atoms with van der Waals surface area (Å²) in [5.74, 6) is -0.705. The number of rotatable bonds is 5. The van der Waals surface area contributed by atoms with Gasteiger partial charge in [0.1, 0.15) is 5.75 Å². The van der Waals surface area contributed by atoms with Gasteiger partial charge in [-0.15, -0.1) is 0 Å². The third-order valence-electron chi connectivity index (χ3n) is 2.69. The molecule has 2 nitrogen and oxygen atoms in total. The molecule has 4 heteroatoms. The molecule has 0 spiro atoms. The molecule has 0 heterocycles. The van der Waals surface area contributed by atoms with E-state index in [1.165, 1.54) is 6.07 Å². The molecule has 1 fully saturated rings. The summed E-state index contributed by atoms with van der Waals surface area (Å²) in [6.07, 6.45) is 2.82. The van der Waals surface area contributed by atoms with E-state index in [9.17, 15) is 8.78 Å². The topological polar surface area (TPSA) is 35.2 Å². The lowest BCUT2D eigenvalue weighted by molar-refractivity contribution is 0.294. The zero-order chi connectivity index (χ0) is 11.5. The Morgan fingerprint density at radius 3 is 2.56 bits per heavy atom. The fourth-order valence-electron chi connectivity index (χ4n) is 1.55. The number of ether oxygens (including phenoxy) is 1. The number of hydrogen-bond acceptors (Lipinski definition) is 2. The molecular formula is C12H15F2NO. The second-order valence-electron chi connectivity index (χ2n) is 4.17. The summed E-state index contributed by atoms with van der Waals surface area (Å²) in [6, 6.07) is 2.28. The molecule has 0 atom stereocenters. The van der Waals surface area contributed by atoms with Crippen LogP contribution in [0.3, 0.4) is 0 Å². The van der Waals surface area contributed by atoms with Gasteiger partial charge in [-0.3, -0.25) is 0 Å². The number of nitrogens with two attached hydrogens (primary N) is 1. The molecule has 0 aromatic heterocycles. The minimum absolute atomic E-state index is 0.394. The summed E-state index contributed by atoms with van der Waals surface area (Å²) in [5.41, 5.74) is 6.05. The van der Waals surface area contributed by atoms with Crippen LogP contribution in [0.2, 0.25) is 0 Å². The van der Waals surface area contributed by atoms with E-state index in [4.69, 9.17) is 10.5 Å². The van der Waals surface area contributed by atoms with Crippen LogP contribution in [0.4, 0.5) is 8.78 Å². The quantitative estimate of drug-likeness (QED) is 0.837. The summed E-state index contributed by atoms with van der Waals surface area (Å²) in [6.45, 7) is 0.980. The molecule has 0 bridgehead atoms. The fraction of sp³-hybridized carbons (Fsp3) is 0.500. The zero-order valence-corrected chi connectivity index (χ0v) is 9.01. The van der Waals surface area contributed by atoms with Crippen LogP contribution in [-0.4, -0.2) is 13.2 Å². The number of hydrogen-bond donors (Lipinski definition) is 1. The van der Waals surface area contributed by atoms with Crippen LogP contribution in [-0.2, 0) is 6.42 Å². The van der Waals surface area contributed by atoms with E-state index >= 15 is 0 Å². The Morgan fingerprint density at radius 2 is 1.94 bits per heavy atom. The third-order valence-corrected chi connectivity index (χ3v) is 2.69. The van der Waals surface area contributed by atoms with E-state index in [-0.39, 0.29) is 0 Å². The standard InChI is InChI=1S/C12H15F2NO/c13-10-5-9(3-4-15)12(6-11(10)14)16-7-8-1-2-8/h5-6,8H,1-4,7,15H2. The highest BCUT2D eigenvalue weighted by Gasteiger charge is 2.22. The van der Waals surface area contributed by atoms with Crippen LogP contribution in [0, 0.1) is 17.6 Å². The summed E-state index contributed by atoms with van der Waals surface area (Å²) in [5, 5.41) is 0. The van der Waals surface area contributed by atoms with Crippen molar-refractivity contribution in [1.29, 1.82) is 0 Å². The molecule has 0 saturated heterocycles. The van der Waals surface area contributed by atoms with Crippen molar-refractivity contribution >= 4 is 0 Å². The Labute approximate surface area is 93.4 Å². The van der Waals surface area contributed by atoms with Crippen LogP contribution in [0.15, 0.2) is 12.1 Å². The first-order valence-electron chi connectivity index (χ1n) is 5.51. The molecule has 0 aliphatic heterocycles. The predicted molar refractivity (Wildman–Crippen MR) is 57.3 cm³/mol. The van der Waals surface area contributed by atoms with Crippen molar-refractivity contribution in [2.24, 2.45) is 11.7 Å². The molecule has 16 heavy (non-hydrogen) atoms. The summed E-state index contributed by atoms with van der Waals surface area (Å²) < 4.78 is 31.6. The van der Waals surface area contributed by atoms with Gasteiger partial charge in [-0.1, -0.05) is 0 Å². The first kappa shape index (κ1) is 11.3. The van der Waals surface area contributed by atoms with Gasteiger partial charge in [0.2, 0.25) is 0 Å². The molecule has 1 aromatic carbocycles. The van der Waals surface area contributed by atoms with E-state index in [0.717, 1.165) is 18.9 Å². The van der Waals surface area contributed by atoms with Gasteiger partial charge in [-0.25, -0.2) is 8.78 Å². The Morgan fingerprint density at radius 1 is 1.25 bits per heavy atom. The summed E-state index contributed by atoms with van der Waals surface area (Å²) in [7, 11) is 0. The van der Waals surface area contributed by atoms with Crippen LogP contribution in [0.25, 0.3) is 0 Å². The Balaban J connectivity index is 2.14. The second kappa shape index (κ2) is 4.78. The molecule has 88 valence electrons.